The molecule has 5 heterocycles. The van der Waals surface area contributed by atoms with Crippen molar-refractivity contribution in [3.05, 3.63) is 58.7 Å². The number of benzene rings is 2. The molecule has 2 aromatic rings. The molecule has 6 aliphatic rings. The lowest BCUT2D eigenvalue weighted by Gasteiger charge is -2.38. The van der Waals surface area contributed by atoms with Crippen molar-refractivity contribution in [1.29, 1.82) is 0 Å². The molecule has 8 heteroatoms. The Bertz CT molecular complexity index is 1290. The molecule has 0 aromatic heterocycles. The van der Waals surface area contributed by atoms with E-state index in [0.717, 1.165) is 42.6 Å². The predicted molar refractivity (Wildman–Crippen MR) is 144 cm³/mol. The summed E-state index contributed by atoms with van der Waals surface area (Å²) in [4.78, 5) is 33.1. The van der Waals surface area contributed by atoms with Gasteiger partial charge in [0.1, 0.15) is 11.5 Å². The quantitative estimate of drug-likeness (QED) is 0.532. The monoisotopic (exact) mass is 516 g/mol. The zero-order valence-electron chi connectivity index (χ0n) is 22.1. The highest BCUT2D eigenvalue weighted by molar-refractivity contribution is 5.99. The van der Waals surface area contributed by atoms with Crippen molar-refractivity contribution in [3.63, 3.8) is 0 Å². The summed E-state index contributed by atoms with van der Waals surface area (Å²) in [6.07, 6.45) is 4.72. The first-order chi connectivity index (χ1) is 18.5. The van der Waals surface area contributed by atoms with Crippen LogP contribution in [0.5, 0.6) is 11.5 Å². The molecular formula is C30H36N4O4. The van der Waals surface area contributed by atoms with Crippen LogP contribution >= 0.6 is 0 Å². The number of fused-ring (bicyclic) bond motifs is 3. The molecule has 8 rings (SSSR count). The van der Waals surface area contributed by atoms with Gasteiger partial charge in [0.05, 0.1) is 31.3 Å². The van der Waals surface area contributed by atoms with Gasteiger partial charge in [-0.25, -0.2) is 4.99 Å². The smallest absolute Gasteiger partial charge is 0.251 e. The van der Waals surface area contributed by atoms with Gasteiger partial charge >= 0.3 is 0 Å². The van der Waals surface area contributed by atoms with Gasteiger partial charge in [-0.05, 0) is 67.0 Å². The molecule has 0 spiro atoms. The summed E-state index contributed by atoms with van der Waals surface area (Å²) in [7, 11) is 0. The van der Waals surface area contributed by atoms with E-state index < -0.39 is 0 Å². The van der Waals surface area contributed by atoms with Gasteiger partial charge in [0, 0.05) is 36.0 Å². The average Bonchev–Trinajstić information content (AvgIpc) is 3.72. The van der Waals surface area contributed by atoms with Crippen molar-refractivity contribution >= 4 is 17.8 Å². The minimum Gasteiger partial charge on any atom is -0.493 e. The van der Waals surface area contributed by atoms with Crippen LogP contribution < -0.4 is 20.5 Å². The fraction of sp³-hybridized carbons (Fsp3) is 0.500. The average molecular weight is 517 g/mol. The van der Waals surface area contributed by atoms with Crippen LogP contribution in [-0.4, -0.2) is 41.9 Å². The van der Waals surface area contributed by atoms with Crippen LogP contribution in [0.3, 0.4) is 0 Å². The Balaban J connectivity index is 0.00000129. The minimum atomic E-state index is -0.295. The molecular weight excluding hydrogens is 480 g/mol. The number of nitrogens with zero attached hydrogens (tertiary/aromatic N) is 2. The van der Waals surface area contributed by atoms with Gasteiger partial charge in [-0.15, -0.1) is 0 Å². The Hall–Kier alpha value is -3.55. The molecule has 0 radical (unpaired) electrons. The number of guanidine groups is 1. The summed E-state index contributed by atoms with van der Waals surface area (Å²) in [5, 5.41) is 3.24. The number of nitrogens with two attached hydrogens (primary N) is 1. The molecule has 1 saturated carbocycles. The normalized spacial score (nSPS) is 29.2. The number of hydrogen-bond acceptors (Lipinski definition) is 6. The van der Waals surface area contributed by atoms with E-state index in [-0.39, 0.29) is 35.9 Å². The molecule has 0 saturated heterocycles. The Kier molecular flexibility index (Phi) is 6.50. The fourth-order valence-corrected chi connectivity index (χ4v) is 6.42. The van der Waals surface area contributed by atoms with Gasteiger partial charge in [-0.3, -0.25) is 14.5 Å². The number of ether oxygens (including phenoxy) is 2. The first-order valence-corrected chi connectivity index (χ1v) is 14.0. The summed E-state index contributed by atoms with van der Waals surface area (Å²) in [5.74, 6) is 2.75. The van der Waals surface area contributed by atoms with E-state index in [4.69, 9.17) is 20.2 Å². The van der Waals surface area contributed by atoms with E-state index in [1.807, 2.05) is 26.0 Å². The van der Waals surface area contributed by atoms with Crippen LogP contribution in [0.2, 0.25) is 0 Å². The molecule has 200 valence electrons. The van der Waals surface area contributed by atoms with Gasteiger partial charge in [-0.1, -0.05) is 19.9 Å². The van der Waals surface area contributed by atoms with Crippen molar-refractivity contribution in [3.8, 4) is 11.5 Å². The maximum absolute atomic E-state index is 13.4. The van der Waals surface area contributed by atoms with E-state index in [9.17, 15) is 9.59 Å². The summed E-state index contributed by atoms with van der Waals surface area (Å²) in [6.45, 7) is 5.05. The lowest BCUT2D eigenvalue weighted by atomic mass is 9.93. The van der Waals surface area contributed by atoms with Crippen molar-refractivity contribution in [1.82, 2.24) is 10.2 Å². The Morgan fingerprint density at radius 2 is 1.71 bits per heavy atom. The van der Waals surface area contributed by atoms with E-state index in [0.29, 0.717) is 49.2 Å². The van der Waals surface area contributed by atoms with E-state index in [2.05, 4.69) is 23.5 Å². The van der Waals surface area contributed by atoms with Crippen molar-refractivity contribution in [2.45, 2.75) is 76.4 Å². The third kappa shape index (κ3) is 4.40. The topological polar surface area (TPSA) is 106 Å². The third-order valence-corrected chi connectivity index (χ3v) is 8.43. The van der Waals surface area contributed by atoms with Gasteiger partial charge in [0.2, 0.25) is 5.91 Å². The summed E-state index contributed by atoms with van der Waals surface area (Å²) >= 11 is 0. The summed E-state index contributed by atoms with van der Waals surface area (Å²) < 4.78 is 11.8. The van der Waals surface area contributed by atoms with E-state index in [1.54, 1.807) is 11.0 Å². The standard InChI is InChI=1S/C28H30N4O4.C2H6/c29-28-30-18-4-1-15-11-19(15)16-2-5-24-20(12-16)22(7-9-35-24)31-27(34)17-3-6-25-21(13-17)23(8-10-36-25)32(28)26(33)14-18;1-2/h2-3,5-6,12-13,15,18-19,22-23H,1,4,7-11,14H2,(H2,29,30)(H,31,34);1-2H3/t15?,18?,19?,22?,23-;/m1./s1. The van der Waals surface area contributed by atoms with Crippen LogP contribution in [0.1, 0.15) is 97.4 Å². The molecule has 5 atom stereocenters. The molecule has 6 bridgehead atoms. The zero-order chi connectivity index (χ0) is 26.4. The van der Waals surface area contributed by atoms with Gasteiger partial charge < -0.3 is 20.5 Å². The number of hydrogen-bond donors (Lipinski definition) is 2. The molecule has 1 fully saturated rings. The largest absolute Gasteiger partial charge is 0.493 e. The van der Waals surface area contributed by atoms with Crippen LogP contribution in [0.4, 0.5) is 0 Å². The van der Waals surface area contributed by atoms with Gasteiger partial charge in [-0.2, -0.15) is 0 Å². The summed E-state index contributed by atoms with van der Waals surface area (Å²) in [6, 6.07) is 11.4. The number of carbonyl (C=O) groups is 2. The van der Waals surface area contributed by atoms with Crippen molar-refractivity contribution in [2.24, 2.45) is 16.6 Å². The fourth-order valence-electron chi connectivity index (χ4n) is 6.42. The maximum Gasteiger partial charge on any atom is 0.251 e. The first-order valence-electron chi connectivity index (χ1n) is 14.0. The Labute approximate surface area is 223 Å². The lowest BCUT2D eigenvalue weighted by molar-refractivity contribution is -0.130. The SMILES string of the molecule is CC.NC1=NC2CCC3CC3c3ccc4c(c3)C(CCO4)NC(=O)c3ccc4c(c3)[C@@H](CCO4)N1C(=O)C2. The van der Waals surface area contributed by atoms with Crippen LogP contribution in [0.15, 0.2) is 41.4 Å². The van der Waals surface area contributed by atoms with Crippen molar-refractivity contribution in [2.75, 3.05) is 13.2 Å². The molecule has 5 aliphatic heterocycles. The van der Waals surface area contributed by atoms with E-state index in [1.165, 1.54) is 5.56 Å². The molecule has 1 aliphatic carbocycles. The van der Waals surface area contributed by atoms with E-state index >= 15 is 0 Å². The van der Waals surface area contributed by atoms with Crippen molar-refractivity contribution < 1.29 is 19.1 Å². The highest BCUT2D eigenvalue weighted by atomic mass is 16.5. The van der Waals surface area contributed by atoms with Crippen LogP contribution in [-0.2, 0) is 4.79 Å². The minimum absolute atomic E-state index is 0.00361. The molecule has 2 amide bonds. The molecule has 3 N–H and O–H groups in total. The zero-order valence-corrected chi connectivity index (χ0v) is 22.1. The van der Waals surface area contributed by atoms with Crippen LogP contribution in [0, 0.1) is 5.92 Å². The van der Waals surface area contributed by atoms with Crippen LogP contribution in [0.25, 0.3) is 0 Å². The lowest BCUT2D eigenvalue weighted by Crippen LogP contribution is -2.50. The number of nitrogens with one attached hydrogen (secondary N) is 1. The van der Waals surface area contributed by atoms with Gasteiger partial charge in [0.25, 0.3) is 5.91 Å². The second-order valence-corrected chi connectivity index (χ2v) is 10.7. The molecule has 4 unspecified atom stereocenters. The highest BCUT2D eigenvalue weighted by Gasteiger charge is 2.41. The Morgan fingerprint density at radius 3 is 2.53 bits per heavy atom. The summed E-state index contributed by atoms with van der Waals surface area (Å²) in [5.41, 5.74) is 10.1. The second-order valence-electron chi connectivity index (χ2n) is 10.7. The first kappa shape index (κ1) is 24.8. The number of aliphatic imine (C=N–C) groups is 1. The Morgan fingerprint density at radius 1 is 0.947 bits per heavy atom. The number of rotatable bonds is 0. The number of carbonyl (C=O) groups excluding carboxylic acids is 2. The molecule has 38 heavy (non-hydrogen) atoms. The predicted octanol–water partition coefficient (Wildman–Crippen LogP) is 4.60. The second kappa shape index (κ2) is 9.97. The van der Waals surface area contributed by atoms with Gasteiger partial charge in [0.15, 0.2) is 5.96 Å². The number of amides is 2. The maximum atomic E-state index is 13.4. The molecule has 2 aromatic carbocycles. The highest BCUT2D eigenvalue weighted by Crippen LogP contribution is 2.52. The molecule has 8 nitrogen and oxygen atoms in total. The third-order valence-electron chi connectivity index (χ3n) is 8.43.